The van der Waals surface area contributed by atoms with Gasteiger partial charge in [0.2, 0.25) is 5.91 Å². The van der Waals surface area contributed by atoms with Crippen molar-refractivity contribution in [3.05, 3.63) is 71.3 Å². The van der Waals surface area contributed by atoms with Crippen LogP contribution >= 0.6 is 0 Å². The molecule has 0 aromatic heterocycles. The fraction of sp³-hybridized carbons (Fsp3) is 0.250. The maximum absolute atomic E-state index is 13.2. The van der Waals surface area contributed by atoms with E-state index in [4.69, 9.17) is 4.74 Å². The average Bonchev–Trinajstić information content (AvgIpc) is 2.69. The molecule has 0 saturated carbocycles. The number of Topliss-reactive ketones (excluding diaryl/α,β-unsaturated/α-hetero) is 1. The number of amides is 1. The van der Waals surface area contributed by atoms with E-state index >= 15 is 0 Å². The first-order valence-corrected chi connectivity index (χ1v) is 8.47. The van der Waals surface area contributed by atoms with E-state index in [1.54, 1.807) is 30.3 Å². The maximum atomic E-state index is 13.2. The highest BCUT2D eigenvalue weighted by molar-refractivity contribution is 5.98. The van der Waals surface area contributed by atoms with Crippen LogP contribution in [0.25, 0.3) is 0 Å². The Kier molecular flexibility index (Phi) is 7.34. The Balaban J connectivity index is 1.99. The summed E-state index contributed by atoms with van der Waals surface area (Å²) in [6.07, 6.45) is 0. The van der Waals surface area contributed by atoms with Crippen molar-refractivity contribution in [3.8, 4) is 0 Å². The van der Waals surface area contributed by atoms with Crippen LogP contribution in [-0.2, 0) is 14.3 Å². The Morgan fingerprint density at radius 3 is 2.21 bits per heavy atom. The van der Waals surface area contributed by atoms with E-state index in [1.165, 1.54) is 14.0 Å². The first-order valence-electron chi connectivity index (χ1n) is 8.47. The van der Waals surface area contributed by atoms with Gasteiger partial charge in [-0.1, -0.05) is 30.3 Å². The summed E-state index contributed by atoms with van der Waals surface area (Å²) >= 11 is 0. The minimum absolute atomic E-state index is 0.144. The van der Waals surface area contributed by atoms with E-state index in [2.05, 4.69) is 10.6 Å². The highest BCUT2D eigenvalue weighted by Crippen LogP contribution is 2.14. The first-order chi connectivity index (χ1) is 13.3. The molecule has 0 aliphatic heterocycles. The van der Waals surface area contributed by atoms with E-state index in [1.807, 2.05) is 0 Å². The topological polar surface area (TPSA) is 84.5 Å². The van der Waals surface area contributed by atoms with Crippen molar-refractivity contribution >= 4 is 17.7 Å². The fourth-order valence-electron chi connectivity index (χ4n) is 2.46. The molecule has 0 unspecified atom stereocenters. The molecule has 0 fully saturated rings. The number of carbonyl (C=O) groups is 3. The summed E-state index contributed by atoms with van der Waals surface area (Å²) in [7, 11) is 1.21. The highest BCUT2D eigenvalue weighted by Gasteiger charge is 2.25. The first kappa shape index (κ1) is 21.2. The summed E-state index contributed by atoms with van der Waals surface area (Å²) in [5.74, 6) is -3.49. The van der Waals surface area contributed by atoms with Gasteiger partial charge in [0.25, 0.3) is 0 Å². The minimum atomic E-state index is -1.00. The molecule has 0 aliphatic rings. The molecule has 0 aliphatic carbocycles. The molecule has 148 valence electrons. The van der Waals surface area contributed by atoms with Gasteiger partial charge in [-0.25, -0.2) is 13.6 Å². The van der Waals surface area contributed by atoms with Crippen LogP contribution in [0.3, 0.4) is 0 Å². The molecule has 0 spiro atoms. The Labute approximate surface area is 160 Å². The second kappa shape index (κ2) is 9.70. The van der Waals surface area contributed by atoms with Gasteiger partial charge in [-0.05, 0) is 24.6 Å². The third-order valence-corrected chi connectivity index (χ3v) is 4.00. The van der Waals surface area contributed by atoms with Gasteiger partial charge in [-0.15, -0.1) is 0 Å². The highest BCUT2D eigenvalue weighted by atomic mass is 19.1. The number of methoxy groups -OCH3 is 1. The molecule has 0 saturated heterocycles. The van der Waals surface area contributed by atoms with E-state index < -0.39 is 41.4 Å². The number of hydrogen-bond donors (Lipinski definition) is 2. The lowest BCUT2D eigenvalue weighted by molar-refractivity contribution is -0.145. The van der Waals surface area contributed by atoms with Crippen LogP contribution in [0.5, 0.6) is 0 Å². The SMILES string of the molecule is COC(=O)[C@@H](NC(=O)[C@H](C)NCC(=O)c1cc(F)cc(F)c1)c1ccccc1. The van der Waals surface area contributed by atoms with Crippen LogP contribution in [0.15, 0.2) is 48.5 Å². The Bertz CT molecular complexity index is 838. The van der Waals surface area contributed by atoms with Gasteiger partial charge in [0.05, 0.1) is 19.7 Å². The quantitative estimate of drug-likeness (QED) is 0.533. The smallest absolute Gasteiger partial charge is 0.333 e. The molecular weight excluding hydrogens is 370 g/mol. The van der Waals surface area contributed by atoms with Gasteiger partial charge >= 0.3 is 5.97 Å². The van der Waals surface area contributed by atoms with Crippen LogP contribution in [0.2, 0.25) is 0 Å². The zero-order valence-electron chi connectivity index (χ0n) is 15.4. The number of benzene rings is 2. The van der Waals surface area contributed by atoms with Crippen LogP contribution in [-0.4, -0.2) is 37.4 Å². The lowest BCUT2D eigenvalue weighted by Crippen LogP contribution is -2.46. The van der Waals surface area contributed by atoms with Gasteiger partial charge in [0.1, 0.15) is 11.6 Å². The standard InChI is InChI=1S/C20H20F2N2O4/c1-12(23-11-17(25)14-8-15(21)10-16(22)9-14)19(26)24-18(20(27)28-2)13-6-4-3-5-7-13/h3-10,12,18,23H,11H2,1-2H3,(H,24,26)/t12-,18-/m0/s1. The van der Waals surface area contributed by atoms with Crippen molar-refractivity contribution in [2.45, 2.75) is 19.0 Å². The monoisotopic (exact) mass is 390 g/mol. The van der Waals surface area contributed by atoms with Crippen molar-refractivity contribution in [1.29, 1.82) is 0 Å². The van der Waals surface area contributed by atoms with Gasteiger partial charge in [-0.3, -0.25) is 14.9 Å². The number of ether oxygens (including phenoxy) is 1. The van der Waals surface area contributed by atoms with E-state index in [0.29, 0.717) is 11.6 Å². The molecule has 0 heterocycles. The normalized spacial score (nSPS) is 12.7. The molecule has 6 nitrogen and oxygen atoms in total. The van der Waals surface area contributed by atoms with Crippen molar-refractivity contribution in [2.24, 2.45) is 0 Å². The Morgan fingerprint density at radius 2 is 1.64 bits per heavy atom. The summed E-state index contributed by atoms with van der Waals surface area (Å²) in [6, 6.07) is 9.19. The van der Waals surface area contributed by atoms with Crippen molar-refractivity contribution in [2.75, 3.05) is 13.7 Å². The van der Waals surface area contributed by atoms with Crippen LogP contribution in [0.1, 0.15) is 28.9 Å². The molecule has 2 rings (SSSR count). The number of ketones is 1. The molecule has 0 radical (unpaired) electrons. The molecular formula is C20H20F2N2O4. The van der Waals surface area contributed by atoms with Crippen molar-refractivity contribution < 1.29 is 27.9 Å². The van der Waals surface area contributed by atoms with Crippen LogP contribution in [0, 0.1) is 11.6 Å². The predicted molar refractivity (Wildman–Crippen MR) is 97.5 cm³/mol. The number of hydrogen-bond acceptors (Lipinski definition) is 5. The van der Waals surface area contributed by atoms with Crippen molar-refractivity contribution in [1.82, 2.24) is 10.6 Å². The maximum Gasteiger partial charge on any atom is 0.333 e. The molecule has 2 atom stereocenters. The fourth-order valence-corrected chi connectivity index (χ4v) is 2.46. The zero-order chi connectivity index (χ0) is 20.7. The van der Waals surface area contributed by atoms with Crippen LogP contribution < -0.4 is 10.6 Å². The lowest BCUT2D eigenvalue weighted by atomic mass is 10.1. The molecule has 2 N–H and O–H groups in total. The second-order valence-electron chi connectivity index (χ2n) is 6.06. The predicted octanol–water partition coefficient (Wildman–Crippen LogP) is 2.16. The average molecular weight is 390 g/mol. The molecule has 2 aromatic rings. The number of nitrogens with one attached hydrogen (secondary N) is 2. The van der Waals surface area contributed by atoms with Gasteiger partial charge < -0.3 is 10.1 Å². The molecule has 0 bridgehead atoms. The van der Waals surface area contributed by atoms with E-state index in [9.17, 15) is 23.2 Å². The van der Waals surface area contributed by atoms with E-state index in [-0.39, 0.29) is 12.1 Å². The Hall–Kier alpha value is -3.13. The van der Waals surface area contributed by atoms with E-state index in [0.717, 1.165) is 12.1 Å². The molecule has 1 amide bonds. The molecule has 8 heteroatoms. The number of carbonyl (C=O) groups excluding carboxylic acids is 3. The Morgan fingerprint density at radius 1 is 1.04 bits per heavy atom. The molecule has 28 heavy (non-hydrogen) atoms. The van der Waals surface area contributed by atoms with Gasteiger partial charge in [0, 0.05) is 11.6 Å². The van der Waals surface area contributed by atoms with Gasteiger partial charge in [-0.2, -0.15) is 0 Å². The third kappa shape index (κ3) is 5.68. The van der Waals surface area contributed by atoms with Gasteiger partial charge in [0.15, 0.2) is 11.8 Å². The lowest BCUT2D eigenvalue weighted by Gasteiger charge is -2.20. The summed E-state index contributed by atoms with van der Waals surface area (Å²) < 4.78 is 31.1. The summed E-state index contributed by atoms with van der Waals surface area (Å²) in [5, 5.41) is 5.23. The second-order valence-corrected chi connectivity index (χ2v) is 6.06. The number of halogens is 2. The molecule has 2 aromatic carbocycles. The zero-order valence-corrected chi connectivity index (χ0v) is 15.4. The largest absolute Gasteiger partial charge is 0.467 e. The third-order valence-electron chi connectivity index (χ3n) is 4.00. The number of rotatable bonds is 8. The summed E-state index contributed by atoms with van der Waals surface area (Å²) in [6.45, 7) is 1.18. The summed E-state index contributed by atoms with van der Waals surface area (Å²) in [4.78, 5) is 36.5. The van der Waals surface area contributed by atoms with Crippen molar-refractivity contribution in [3.63, 3.8) is 0 Å². The minimum Gasteiger partial charge on any atom is -0.467 e. The van der Waals surface area contributed by atoms with Crippen LogP contribution in [0.4, 0.5) is 8.78 Å². The number of esters is 1. The summed E-state index contributed by atoms with van der Waals surface area (Å²) in [5.41, 5.74) is 0.399.